The zero-order valence-electron chi connectivity index (χ0n) is 11.3. The summed E-state index contributed by atoms with van der Waals surface area (Å²) in [4.78, 5) is 14.1. The quantitative estimate of drug-likeness (QED) is 0.836. The highest BCUT2D eigenvalue weighted by Gasteiger charge is 2.31. The van der Waals surface area contributed by atoms with E-state index in [9.17, 15) is 4.79 Å². The molecule has 1 fully saturated rings. The van der Waals surface area contributed by atoms with Crippen molar-refractivity contribution in [3.8, 4) is 6.07 Å². The van der Waals surface area contributed by atoms with Gasteiger partial charge in [0.2, 0.25) is 5.91 Å². The third kappa shape index (κ3) is 3.45. The second-order valence-electron chi connectivity index (χ2n) is 5.48. The van der Waals surface area contributed by atoms with Gasteiger partial charge < -0.3 is 4.90 Å². The molecule has 1 amide bonds. The summed E-state index contributed by atoms with van der Waals surface area (Å²) >= 11 is 11.8. The van der Waals surface area contributed by atoms with Crippen molar-refractivity contribution in [3.63, 3.8) is 0 Å². The fraction of sp³-hybridized carbons (Fsp3) is 0.467. The number of carbonyl (C=O) groups is 1. The molecule has 0 radical (unpaired) electrons. The number of piperidine rings is 1. The monoisotopic (exact) mass is 310 g/mol. The maximum Gasteiger partial charge on any atom is 0.226 e. The van der Waals surface area contributed by atoms with Gasteiger partial charge in [0.1, 0.15) is 0 Å². The Balaban J connectivity index is 1.96. The van der Waals surface area contributed by atoms with E-state index in [1.807, 2.05) is 17.9 Å². The van der Waals surface area contributed by atoms with Gasteiger partial charge in [-0.15, -0.1) is 0 Å². The van der Waals surface area contributed by atoms with Gasteiger partial charge in [0.05, 0.1) is 28.0 Å². The van der Waals surface area contributed by atoms with Crippen LogP contribution < -0.4 is 0 Å². The van der Waals surface area contributed by atoms with E-state index in [1.54, 1.807) is 12.1 Å². The minimum absolute atomic E-state index is 0.0726. The number of rotatable bonds is 2. The molecule has 0 spiro atoms. The van der Waals surface area contributed by atoms with Gasteiger partial charge in [0.15, 0.2) is 0 Å². The third-order valence-electron chi connectivity index (χ3n) is 3.83. The Morgan fingerprint density at radius 1 is 1.35 bits per heavy atom. The number of amides is 1. The maximum absolute atomic E-state index is 12.2. The molecule has 0 unspecified atom stereocenters. The maximum atomic E-state index is 12.2. The Bertz CT molecular complexity index is 557. The highest BCUT2D eigenvalue weighted by Crippen LogP contribution is 2.30. The smallest absolute Gasteiger partial charge is 0.226 e. The molecule has 1 aromatic rings. The van der Waals surface area contributed by atoms with Crippen molar-refractivity contribution in [2.45, 2.75) is 26.2 Å². The third-order valence-corrected chi connectivity index (χ3v) is 4.57. The lowest BCUT2D eigenvalue weighted by Gasteiger charge is -2.35. The van der Waals surface area contributed by atoms with Gasteiger partial charge in [-0.25, -0.2) is 0 Å². The number of benzene rings is 1. The van der Waals surface area contributed by atoms with E-state index < -0.39 is 0 Å². The normalized spacial score (nSPS) is 17.6. The first-order valence-corrected chi connectivity index (χ1v) is 7.32. The van der Waals surface area contributed by atoms with Crippen LogP contribution in [-0.4, -0.2) is 23.9 Å². The van der Waals surface area contributed by atoms with Gasteiger partial charge in [-0.1, -0.05) is 29.3 Å². The lowest BCUT2D eigenvalue weighted by atomic mass is 9.82. The zero-order valence-corrected chi connectivity index (χ0v) is 12.8. The van der Waals surface area contributed by atoms with Crippen molar-refractivity contribution in [3.05, 3.63) is 33.8 Å². The van der Waals surface area contributed by atoms with E-state index in [4.69, 9.17) is 28.5 Å². The molecule has 1 saturated heterocycles. The Hall–Kier alpha value is -1.24. The molecule has 5 heteroatoms. The van der Waals surface area contributed by atoms with Crippen LogP contribution in [0.4, 0.5) is 0 Å². The van der Waals surface area contributed by atoms with Gasteiger partial charge in [0, 0.05) is 13.1 Å². The Labute approximate surface area is 129 Å². The van der Waals surface area contributed by atoms with Crippen molar-refractivity contribution in [2.24, 2.45) is 5.41 Å². The van der Waals surface area contributed by atoms with Crippen LogP contribution >= 0.6 is 23.2 Å². The second kappa shape index (κ2) is 6.03. The minimum atomic E-state index is -0.291. The van der Waals surface area contributed by atoms with E-state index in [0.29, 0.717) is 29.6 Å². The summed E-state index contributed by atoms with van der Waals surface area (Å²) in [6.07, 6.45) is 1.79. The summed E-state index contributed by atoms with van der Waals surface area (Å²) in [5.74, 6) is 0.0726. The van der Waals surface area contributed by atoms with Crippen LogP contribution in [0.1, 0.15) is 25.3 Å². The minimum Gasteiger partial charge on any atom is -0.342 e. The predicted octanol–water partition coefficient (Wildman–Crippen LogP) is 3.69. The number of nitriles is 1. The Morgan fingerprint density at radius 3 is 2.55 bits per heavy atom. The van der Waals surface area contributed by atoms with E-state index in [0.717, 1.165) is 18.4 Å². The van der Waals surface area contributed by atoms with Crippen molar-refractivity contribution < 1.29 is 4.79 Å². The molecule has 1 aliphatic heterocycles. The van der Waals surface area contributed by atoms with Crippen molar-refractivity contribution >= 4 is 29.1 Å². The van der Waals surface area contributed by atoms with Crippen LogP contribution in [0.2, 0.25) is 10.0 Å². The summed E-state index contributed by atoms with van der Waals surface area (Å²) in [7, 11) is 0. The van der Waals surface area contributed by atoms with Gasteiger partial charge in [-0.2, -0.15) is 5.26 Å². The van der Waals surface area contributed by atoms with Gasteiger partial charge in [-0.05, 0) is 37.5 Å². The molecule has 2 rings (SSSR count). The molecule has 3 nitrogen and oxygen atoms in total. The molecule has 0 aromatic heterocycles. The molecule has 0 aliphatic carbocycles. The van der Waals surface area contributed by atoms with Crippen LogP contribution in [0.15, 0.2) is 18.2 Å². The van der Waals surface area contributed by atoms with Crippen LogP contribution in [0.5, 0.6) is 0 Å². The number of hydrogen-bond acceptors (Lipinski definition) is 2. The Morgan fingerprint density at radius 2 is 2.00 bits per heavy atom. The van der Waals surface area contributed by atoms with E-state index in [1.165, 1.54) is 0 Å². The van der Waals surface area contributed by atoms with E-state index in [-0.39, 0.29) is 11.3 Å². The standard InChI is InChI=1S/C15H16Cl2N2O/c1-15(10-18)4-6-19(7-5-15)14(20)9-11-2-3-12(16)13(17)8-11/h2-3,8H,4-7,9H2,1H3. The molecule has 106 valence electrons. The highest BCUT2D eigenvalue weighted by atomic mass is 35.5. The summed E-state index contributed by atoms with van der Waals surface area (Å²) in [6.45, 7) is 3.24. The average molecular weight is 311 g/mol. The van der Waals surface area contributed by atoms with Gasteiger partial charge >= 0.3 is 0 Å². The van der Waals surface area contributed by atoms with Crippen molar-refractivity contribution in [2.75, 3.05) is 13.1 Å². The number of carbonyl (C=O) groups excluding carboxylic acids is 1. The van der Waals surface area contributed by atoms with Crippen LogP contribution in [0, 0.1) is 16.7 Å². The number of likely N-dealkylation sites (tertiary alicyclic amines) is 1. The molecule has 1 heterocycles. The van der Waals surface area contributed by atoms with Gasteiger partial charge in [-0.3, -0.25) is 4.79 Å². The fourth-order valence-corrected chi connectivity index (χ4v) is 2.62. The molecule has 1 aromatic carbocycles. The topological polar surface area (TPSA) is 44.1 Å². The molecule has 0 bridgehead atoms. The lowest BCUT2D eigenvalue weighted by molar-refractivity contribution is -0.132. The first-order chi connectivity index (χ1) is 9.43. The van der Waals surface area contributed by atoms with Crippen molar-refractivity contribution in [1.29, 1.82) is 5.26 Å². The molecule has 0 N–H and O–H groups in total. The lowest BCUT2D eigenvalue weighted by Crippen LogP contribution is -2.42. The molecular weight excluding hydrogens is 295 g/mol. The fourth-order valence-electron chi connectivity index (χ4n) is 2.30. The van der Waals surface area contributed by atoms with Gasteiger partial charge in [0.25, 0.3) is 0 Å². The average Bonchev–Trinajstić information content (AvgIpc) is 2.43. The highest BCUT2D eigenvalue weighted by molar-refractivity contribution is 6.42. The SMILES string of the molecule is CC1(C#N)CCN(C(=O)Cc2ccc(Cl)c(Cl)c2)CC1. The molecular formula is C15H16Cl2N2O. The summed E-state index contributed by atoms with van der Waals surface area (Å²) in [6, 6.07) is 7.58. The predicted molar refractivity (Wildman–Crippen MR) is 79.7 cm³/mol. The number of nitrogens with zero attached hydrogens (tertiary/aromatic N) is 2. The molecule has 20 heavy (non-hydrogen) atoms. The van der Waals surface area contributed by atoms with E-state index in [2.05, 4.69) is 6.07 Å². The number of hydrogen-bond donors (Lipinski definition) is 0. The Kier molecular flexibility index (Phi) is 4.57. The molecule has 0 saturated carbocycles. The van der Waals surface area contributed by atoms with Crippen LogP contribution in [-0.2, 0) is 11.2 Å². The first-order valence-electron chi connectivity index (χ1n) is 6.56. The summed E-state index contributed by atoms with van der Waals surface area (Å²) in [5.41, 5.74) is 0.568. The largest absolute Gasteiger partial charge is 0.342 e. The van der Waals surface area contributed by atoms with Crippen molar-refractivity contribution in [1.82, 2.24) is 4.90 Å². The molecule has 0 atom stereocenters. The first kappa shape index (κ1) is 15.2. The summed E-state index contributed by atoms with van der Waals surface area (Å²) in [5, 5.41) is 10.0. The van der Waals surface area contributed by atoms with E-state index >= 15 is 0 Å². The molecule has 1 aliphatic rings. The van der Waals surface area contributed by atoms with Crippen LogP contribution in [0.25, 0.3) is 0 Å². The summed E-state index contributed by atoms with van der Waals surface area (Å²) < 4.78 is 0. The van der Waals surface area contributed by atoms with Crippen LogP contribution in [0.3, 0.4) is 0 Å². The zero-order chi connectivity index (χ0) is 14.8. The number of halogens is 2. The second-order valence-corrected chi connectivity index (χ2v) is 6.29.